The Hall–Kier alpha value is -1.65. The number of rotatable bonds is 4. The third-order valence-electron chi connectivity index (χ3n) is 2.36. The van der Waals surface area contributed by atoms with Crippen LogP contribution in [-0.2, 0) is 0 Å². The van der Waals surface area contributed by atoms with Crippen LogP contribution < -0.4 is 15.8 Å². The Morgan fingerprint density at radius 1 is 1.26 bits per heavy atom. The van der Waals surface area contributed by atoms with Crippen LogP contribution in [0.2, 0.25) is 10.0 Å². The summed E-state index contributed by atoms with van der Waals surface area (Å²) < 4.78 is 5.33. The van der Waals surface area contributed by atoms with Gasteiger partial charge in [0.05, 0.1) is 23.0 Å². The fourth-order valence-electron chi connectivity index (χ4n) is 1.50. The van der Waals surface area contributed by atoms with Gasteiger partial charge in [0.1, 0.15) is 5.82 Å². The van der Waals surface area contributed by atoms with E-state index in [2.05, 4.69) is 10.3 Å². The second-order valence-corrected chi connectivity index (χ2v) is 4.62. The number of nitrogens with two attached hydrogens (primary N) is 1. The summed E-state index contributed by atoms with van der Waals surface area (Å²) in [7, 11) is 0. The highest BCUT2D eigenvalue weighted by Crippen LogP contribution is 2.29. The first kappa shape index (κ1) is 13.8. The molecule has 1 heterocycles. The number of ether oxygens (including phenoxy) is 1. The lowest BCUT2D eigenvalue weighted by Gasteiger charge is -2.11. The highest BCUT2D eigenvalue weighted by atomic mass is 35.5. The molecule has 0 fully saturated rings. The van der Waals surface area contributed by atoms with Gasteiger partial charge < -0.3 is 15.8 Å². The van der Waals surface area contributed by atoms with Crippen LogP contribution in [0.5, 0.6) is 5.88 Å². The number of halogens is 2. The highest BCUT2D eigenvalue weighted by molar-refractivity contribution is 6.35. The van der Waals surface area contributed by atoms with Crippen molar-refractivity contribution in [3.8, 4) is 5.88 Å². The van der Waals surface area contributed by atoms with Crippen LogP contribution in [0.3, 0.4) is 0 Å². The van der Waals surface area contributed by atoms with E-state index in [4.69, 9.17) is 33.7 Å². The number of nitrogens with one attached hydrogen (secondary N) is 1. The zero-order valence-corrected chi connectivity index (χ0v) is 11.8. The third kappa shape index (κ3) is 3.43. The van der Waals surface area contributed by atoms with Crippen molar-refractivity contribution in [3.63, 3.8) is 0 Å². The van der Waals surface area contributed by atoms with E-state index < -0.39 is 0 Å². The van der Waals surface area contributed by atoms with Gasteiger partial charge in [-0.3, -0.25) is 0 Å². The van der Waals surface area contributed by atoms with Crippen LogP contribution in [0, 0.1) is 0 Å². The molecule has 4 nitrogen and oxygen atoms in total. The van der Waals surface area contributed by atoms with Gasteiger partial charge in [-0.15, -0.1) is 0 Å². The van der Waals surface area contributed by atoms with Crippen molar-refractivity contribution in [2.45, 2.75) is 6.92 Å². The number of hydrogen-bond donors (Lipinski definition) is 2. The Morgan fingerprint density at radius 2 is 2.05 bits per heavy atom. The number of aromatic nitrogens is 1. The van der Waals surface area contributed by atoms with Crippen molar-refractivity contribution in [1.82, 2.24) is 4.98 Å². The average Bonchev–Trinajstić information content (AvgIpc) is 2.38. The Balaban J connectivity index is 2.28. The summed E-state index contributed by atoms with van der Waals surface area (Å²) >= 11 is 12.0. The number of hydrogen-bond acceptors (Lipinski definition) is 4. The minimum atomic E-state index is 0.394. The van der Waals surface area contributed by atoms with Crippen LogP contribution in [0.25, 0.3) is 0 Å². The molecule has 0 aliphatic carbocycles. The molecule has 0 saturated carbocycles. The molecule has 0 atom stereocenters. The largest absolute Gasteiger partial charge is 0.476 e. The molecule has 100 valence electrons. The number of benzene rings is 1. The van der Waals surface area contributed by atoms with Crippen molar-refractivity contribution < 1.29 is 4.74 Å². The SMILES string of the molecule is CCOc1nc(Nc2cc(Cl)ccc2Cl)ccc1N. The van der Waals surface area contributed by atoms with Gasteiger partial charge in [0.15, 0.2) is 0 Å². The summed E-state index contributed by atoms with van der Waals surface area (Å²) in [4.78, 5) is 4.27. The standard InChI is InChI=1S/C13H13Cl2N3O/c1-2-19-13-10(16)5-6-12(18-13)17-11-7-8(14)3-4-9(11)15/h3-7H,2,16H2,1H3,(H,17,18). The Morgan fingerprint density at radius 3 is 2.79 bits per heavy atom. The molecular weight excluding hydrogens is 285 g/mol. The molecule has 0 saturated heterocycles. The first-order chi connectivity index (χ1) is 9.10. The second kappa shape index (κ2) is 5.99. The molecule has 0 spiro atoms. The van der Waals surface area contributed by atoms with Gasteiger partial charge in [-0.05, 0) is 37.3 Å². The van der Waals surface area contributed by atoms with E-state index in [0.29, 0.717) is 39.7 Å². The van der Waals surface area contributed by atoms with E-state index in [1.807, 2.05) is 6.92 Å². The maximum atomic E-state index is 6.07. The molecule has 0 unspecified atom stereocenters. The van der Waals surface area contributed by atoms with Crippen molar-refractivity contribution in [2.75, 3.05) is 17.7 Å². The number of pyridine rings is 1. The van der Waals surface area contributed by atoms with Gasteiger partial charge in [-0.2, -0.15) is 4.98 Å². The van der Waals surface area contributed by atoms with E-state index in [1.54, 1.807) is 30.3 Å². The first-order valence-electron chi connectivity index (χ1n) is 5.71. The molecule has 1 aromatic carbocycles. The predicted octanol–water partition coefficient (Wildman–Crippen LogP) is 4.11. The zero-order chi connectivity index (χ0) is 13.8. The maximum Gasteiger partial charge on any atom is 0.239 e. The van der Waals surface area contributed by atoms with Crippen LogP contribution >= 0.6 is 23.2 Å². The summed E-state index contributed by atoms with van der Waals surface area (Å²) in [6.07, 6.45) is 0. The average molecular weight is 298 g/mol. The first-order valence-corrected chi connectivity index (χ1v) is 6.47. The van der Waals surface area contributed by atoms with E-state index >= 15 is 0 Å². The summed E-state index contributed by atoms with van der Waals surface area (Å²) in [6.45, 7) is 2.37. The normalized spacial score (nSPS) is 10.3. The Labute approximate surface area is 121 Å². The molecule has 3 N–H and O–H groups in total. The minimum Gasteiger partial charge on any atom is -0.476 e. The second-order valence-electron chi connectivity index (χ2n) is 3.77. The molecule has 0 radical (unpaired) electrons. The lowest BCUT2D eigenvalue weighted by Crippen LogP contribution is -2.02. The fourth-order valence-corrected chi connectivity index (χ4v) is 1.84. The fraction of sp³-hybridized carbons (Fsp3) is 0.154. The van der Waals surface area contributed by atoms with Gasteiger partial charge in [0, 0.05) is 5.02 Å². The molecule has 19 heavy (non-hydrogen) atoms. The highest BCUT2D eigenvalue weighted by Gasteiger charge is 2.06. The van der Waals surface area contributed by atoms with Crippen LogP contribution in [0.1, 0.15) is 6.92 Å². The van der Waals surface area contributed by atoms with E-state index in [-0.39, 0.29) is 0 Å². The van der Waals surface area contributed by atoms with Gasteiger partial charge in [-0.1, -0.05) is 23.2 Å². The van der Waals surface area contributed by atoms with Crippen molar-refractivity contribution in [2.24, 2.45) is 0 Å². The predicted molar refractivity (Wildman–Crippen MR) is 79.6 cm³/mol. The molecule has 1 aromatic heterocycles. The van der Waals surface area contributed by atoms with E-state index in [1.165, 1.54) is 0 Å². The van der Waals surface area contributed by atoms with Crippen molar-refractivity contribution >= 4 is 40.4 Å². The topological polar surface area (TPSA) is 60.2 Å². The summed E-state index contributed by atoms with van der Waals surface area (Å²) in [6, 6.07) is 8.63. The Kier molecular flexibility index (Phi) is 4.35. The number of anilines is 3. The van der Waals surface area contributed by atoms with Gasteiger partial charge in [-0.25, -0.2) is 0 Å². The van der Waals surface area contributed by atoms with Gasteiger partial charge in [0.25, 0.3) is 0 Å². The summed E-state index contributed by atoms with van der Waals surface area (Å²) in [5, 5.41) is 4.22. The summed E-state index contributed by atoms with van der Waals surface area (Å²) in [5.74, 6) is 0.979. The monoisotopic (exact) mass is 297 g/mol. The van der Waals surface area contributed by atoms with Crippen LogP contribution in [0.15, 0.2) is 30.3 Å². The minimum absolute atomic E-state index is 0.394. The van der Waals surface area contributed by atoms with Crippen molar-refractivity contribution in [3.05, 3.63) is 40.4 Å². The molecule has 2 rings (SSSR count). The molecular formula is C13H13Cl2N3O. The maximum absolute atomic E-state index is 6.07. The quantitative estimate of drug-likeness (QED) is 0.891. The molecule has 0 aliphatic heterocycles. The van der Waals surface area contributed by atoms with Crippen molar-refractivity contribution in [1.29, 1.82) is 0 Å². The molecule has 0 amide bonds. The van der Waals surface area contributed by atoms with E-state index in [9.17, 15) is 0 Å². The van der Waals surface area contributed by atoms with Crippen LogP contribution in [0.4, 0.5) is 17.2 Å². The molecule has 6 heteroatoms. The van der Waals surface area contributed by atoms with E-state index in [0.717, 1.165) is 0 Å². The lowest BCUT2D eigenvalue weighted by molar-refractivity contribution is 0.329. The van der Waals surface area contributed by atoms with Crippen LogP contribution in [-0.4, -0.2) is 11.6 Å². The van der Waals surface area contributed by atoms with Gasteiger partial charge in [0.2, 0.25) is 5.88 Å². The number of nitrogen functional groups attached to an aromatic ring is 1. The zero-order valence-electron chi connectivity index (χ0n) is 10.3. The summed E-state index contributed by atoms with van der Waals surface area (Å²) in [5.41, 5.74) is 6.93. The lowest BCUT2D eigenvalue weighted by atomic mass is 10.3. The smallest absolute Gasteiger partial charge is 0.239 e. The molecule has 2 aromatic rings. The Bertz CT molecular complexity index is 590. The molecule has 0 aliphatic rings. The number of nitrogens with zero attached hydrogens (tertiary/aromatic N) is 1. The van der Waals surface area contributed by atoms with Gasteiger partial charge >= 0.3 is 0 Å². The third-order valence-corrected chi connectivity index (χ3v) is 2.93. The molecule has 0 bridgehead atoms.